The monoisotopic (exact) mass is 300 g/mol. The van der Waals surface area contributed by atoms with Crippen LogP contribution in [0.15, 0.2) is 54.6 Å². The van der Waals surface area contributed by atoms with Gasteiger partial charge in [-0.2, -0.15) is 0 Å². The predicted molar refractivity (Wildman–Crippen MR) is 87.5 cm³/mol. The van der Waals surface area contributed by atoms with E-state index in [0.29, 0.717) is 0 Å². The third kappa shape index (κ3) is 2.55. The lowest BCUT2D eigenvalue weighted by atomic mass is 10.1. The number of halogens is 1. The minimum atomic E-state index is 0.738. The van der Waals surface area contributed by atoms with E-state index in [1.54, 1.807) is 11.3 Å². The fourth-order valence-corrected chi connectivity index (χ4v) is 3.07. The van der Waals surface area contributed by atoms with Crippen LogP contribution in [0.4, 0.5) is 5.00 Å². The summed E-state index contributed by atoms with van der Waals surface area (Å²) < 4.78 is 0. The van der Waals surface area contributed by atoms with Gasteiger partial charge < -0.3 is 5.32 Å². The van der Waals surface area contributed by atoms with Crippen molar-refractivity contribution in [1.82, 2.24) is 4.98 Å². The standard InChI is InChI=1S/C16H13ClN2S/c1-18-16-14(11-5-3-2-4-6-11)19-15(20-16)12-7-9-13(17)10-8-12/h2-10,18H,1H3. The fourth-order valence-electron chi connectivity index (χ4n) is 2.00. The van der Waals surface area contributed by atoms with Crippen molar-refractivity contribution in [2.24, 2.45) is 0 Å². The first kappa shape index (κ1) is 13.2. The molecule has 0 aliphatic carbocycles. The second-order valence-electron chi connectivity index (χ2n) is 4.32. The minimum Gasteiger partial charge on any atom is -0.378 e. The first-order chi connectivity index (χ1) is 9.78. The molecule has 0 aliphatic rings. The highest BCUT2D eigenvalue weighted by Gasteiger charge is 2.13. The number of anilines is 1. The molecular formula is C16H13ClN2S. The summed E-state index contributed by atoms with van der Waals surface area (Å²) in [6, 6.07) is 18.0. The van der Waals surface area contributed by atoms with E-state index in [1.807, 2.05) is 49.5 Å². The van der Waals surface area contributed by atoms with E-state index in [4.69, 9.17) is 16.6 Å². The summed E-state index contributed by atoms with van der Waals surface area (Å²) in [5.41, 5.74) is 3.19. The van der Waals surface area contributed by atoms with Crippen molar-refractivity contribution in [2.75, 3.05) is 12.4 Å². The molecule has 0 fully saturated rings. The van der Waals surface area contributed by atoms with Crippen LogP contribution < -0.4 is 5.32 Å². The van der Waals surface area contributed by atoms with Gasteiger partial charge in [-0.15, -0.1) is 0 Å². The smallest absolute Gasteiger partial charge is 0.126 e. The average Bonchev–Trinajstić information content (AvgIpc) is 2.93. The zero-order valence-corrected chi connectivity index (χ0v) is 12.5. The van der Waals surface area contributed by atoms with Gasteiger partial charge in [0.2, 0.25) is 0 Å². The second-order valence-corrected chi connectivity index (χ2v) is 5.76. The molecule has 100 valence electrons. The molecule has 2 aromatic carbocycles. The van der Waals surface area contributed by atoms with Gasteiger partial charge in [0, 0.05) is 23.2 Å². The number of thiazole rings is 1. The summed E-state index contributed by atoms with van der Waals surface area (Å²) in [7, 11) is 1.92. The number of nitrogens with zero attached hydrogens (tertiary/aromatic N) is 1. The molecule has 4 heteroatoms. The lowest BCUT2D eigenvalue weighted by Crippen LogP contribution is -1.87. The molecule has 0 amide bonds. The van der Waals surface area contributed by atoms with Gasteiger partial charge in [-0.25, -0.2) is 4.98 Å². The normalized spacial score (nSPS) is 10.5. The molecule has 20 heavy (non-hydrogen) atoms. The molecule has 0 bridgehead atoms. The van der Waals surface area contributed by atoms with Crippen LogP contribution in [0.5, 0.6) is 0 Å². The van der Waals surface area contributed by atoms with E-state index in [-0.39, 0.29) is 0 Å². The summed E-state index contributed by atoms with van der Waals surface area (Å²) in [5.74, 6) is 0. The van der Waals surface area contributed by atoms with Crippen molar-refractivity contribution in [3.05, 3.63) is 59.6 Å². The Hall–Kier alpha value is -1.84. The predicted octanol–water partition coefficient (Wildman–Crippen LogP) is 5.17. The number of rotatable bonds is 3. The van der Waals surface area contributed by atoms with Gasteiger partial charge in [-0.05, 0) is 12.1 Å². The highest BCUT2D eigenvalue weighted by Crippen LogP contribution is 2.37. The Bertz CT molecular complexity index is 705. The van der Waals surface area contributed by atoms with E-state index in [1.165, 1.54) is 0 Å². The van der Waals surface area contributed by atoms with Crippen LogP contribution in [-0.4, -0.2) is 12.0 Å². The van der Waals surface area contributed by atoms with Crippen LogP contribution in [0.2, 0.25) is 5.02 Å². The van der Waals surface area contributed by atoms with Crippen molar-refractivity contribution in [1.29, 1.82) is 0 Å². The van der Waals surface area contributed by atoms with Crippen LogP contribution in [0.3, 0.4) is 0 Å². The van der Waals surface area contributed by atoms with Gasteiger partial charge in [0.15, 0.2) is 0 Å². The Morgan fingerprint density at radius 1 is 0.950 bits per heavy atom. The Morgan fingerprint density at radius 2 is 1.65 bits per heavy atom. The van der Waals surface area contributed by atoms with Gasteiger partial charge in [-0.1, -0.05) is 65.4 Å². The lowest BCUT2D eigenvalue weighted by molar-refractivity contribution is 1.39. The highest BCUT2D eigenvalue weighted by atomic mass is 35.5. The summed E-state index contributed by atoms with van der Waals surface area (Å²) in [6.45, 7) is 0. The number of benzene rings is 2. The molecule has 0 radical (unpaired) electrons. The van der Waals surface area contributed by atoms with Crippen LogP contribution in [-0.2, 0) is 0 Å². The Kier molecular flexibility index (Phi) is 3.72. The van der Waals surface area contributed by atoms with Crippen molar-refractivity contribution < 1.29 is 0 Å². The van der Waals surface area contributed by atoms with Crippen molar-refractivity contribution >= 4 is 27.9 Å². The van der Waals surface area contributed by atoms with E-state index in [2.05, 4.69) is 17.4 Å². The molecule has 0 saturated heterocycles. The van der Waals surface area contributed by atoms with Crippen LogP contribution in [0.1, 0.15) is 0 Å². The Morgan fingerprint density at radius 3 is 2.30 bits per heavy atom. The second kappa shape index (κ2) is 5.65. The van der Waals surface area contributed by atoms with Crippen molar-refractivity contribution in [3.63, 3.8) is 0 Å². The molecule has 0 aliphatic heterocycles. The summed E-state index contributed by atoms with van der Waals surface area (Å²) in [6.07, 6.45) is 0. The first-order valence-electron chi connectivity index (χ1n) is 6.28. The van der Waals surface area contributed by atoms with E-state index in [9.17, 15) is 0 Å². The molecular weight excluding hydrogens is 288 g/mol. The molecule has 0 spiro atoms. The number of nitrogens with one attached hydrogen (secondary N) is 1. The number of aromatic nitrogens is 1. The molecule has 3 aromatic rings. The maximum Gasteiger partial charge on any atom is 0.126 e. The van der Waals surface area contributed by atoms with E-state index < -0.39 is 0 Å². The molecule has 1 aromatic heterocycles. The summed E-state index contributed by atoms with van der Waals surface area (Å²) in [4.78, 5) is 4.76. The largest absolute Gasteiger partial charge is 0.378 e. The third-order valence-corrected chi connectivity index (χ3v) is 4.37. The quantitative estimate of drug-likeness (QED) is 0.721. The van der Waals surface area contributed by atoms with E-state index >= 15 is 0 Å². The molecule has 3 rings (SSSR count). The number of hydrogen-bond acceptors (Lipinski definition) is 3. The number of hydrogen-bond donors (Lipinski definition) is 1. The minimum absolute atomic E-state index is 0.738. The van der Waals surface area contributed by atoms with Gasteiger partial charge in [-0.3, -0.25) is 0 Å². The first-order valence-corrected chi connectivity index (χ1v) is 7.47. The Balaban J connectivity index is 2.07. The zero-order valence-electron chi connectivity index (χ0n) is 10.9. The molecule has 2 nitrogen and oxygen atoms in total. The molecule has 0 unspecified atom stereocenters. The summed E-state index contributed by atoms with van der Waals surface area (Å²) in [5, 5.41) is 6.03. The van der Waals surface area contributed by atoms with Crippen molar-refractivity contribution in [3.8, 4) is 21.8 Å². The van der Waals surface area contributed by atoms with Crippen LogP contribution in [0, 0.1) is 0 Å². The van der Waals surface area contributed by atoms with E-state index in [0.717, 1.165) is 31.9 Å². The van der Waals surface area contributed by atoms with Gasteiger partial charge in [0.25, 0.3) is 0 Å². The SMILES string of the molecule is CNc1sc(-c2ccc(Cl)cc2)nc1-c1ccccc1. The molecule has 0 atom stereocenters. The van der Waals surface area contributed by atoms with Crippen LogP contribution >= 0.6 is 22.9 Å². The lowest BCUT2D eigenvalue weighted by Gasteiger charge is -2.00. The van der Waals surface area contributed by atoms with Crippen LogP contribution in [0.25, 0.3) is 21.8 Å². The zero-order chi connectivity index (χ0) is 13.9. The van der Waals surface area contributed by atoms with Gasteiger partial charge in [0.1, 0.15) is 15.7 Å². The maximum absolute atomic E-state index is 5.93. The van der Waals surface area contributed by atoms with Crippen molar-refractivity contribution in [2.45, 2.75) is 0 Å². The van der Waals surface area contributed by atoms with Gasteiger partial charge in [0.05, 0.1) is 0 Å². The average molecular weight is 301 g/mol. The topological polar surface area (TPSA) is 24.9 Å². The summed E-state index contributed by atoms with van der Waals surface area (Å²) >= 11 is 7.58. The molecule has 1 heterocycles. The highest BCUT2D eigenvalue weighted by molar-refractivity contribution is 7.19. The molecule has 1 N–H and O–H groups in total. The third-order valence-electron chi connectivity index (χ3n) is 2.99. The fraction of sp³-hybridized carbons (Fsp3) is 0.0625. The maximum atomic E-state index is 5.93. The Labute approximate surface area is 127 Å². The van der Waals surface area contributed by atoms with Gasteiger partial charge >= 0.3 is 0 Å². The molecule has 0 saturated carbocycles.